The minimum atomic E-state index is 0.252. The van der Waals surface area contributed by atoms with E-state index in [1.807, 2.05) is 6.20 Å². The van der Waals surface area contributed by atoms with E-state index in [2.05, 4.69) is 73.7 Å². The average Bonchev–Trinajstić information content (AvgIpc) is 3.36. The van der Waals surface area contributed by atoms with Crippen molar-refractivity contribution >= 4 is 10.8 Å². The Morgan fingerprint density at radius 1 is 0.875 bits per heavy atom. The summed E-state index contributed by atoms with van der Waals surface area (Å²) >= 11 is 0. The third-order valence-corrected chi connectivity index (χ3v) is 6.47. The Kier molecular flexibility index (Phi) is 5.81. The Labute approximate surface area is 190 Å². The second-order valence-corrected chi connectivity index (χ2v) is 8.46. The van der Waals surface area contributed by atoms with E-state index >= 15 is 0 Å². The molecule has 0 spiro atoms. The molecule has 4 aromatic rings. The maximum atomic E-state index is 6.37. The van der Waals surface area contributed by atoms with Crippen LogP contribution in [0.2, 0.25) is 0 Å². The molecule has 3 heteroatoms. The van der Waals surface area contributed by atoms with Crippen LogP contribution in [0.15, 0.2) is 72.9 Å². The van der Waals surface area contributed by atoms with E-state index in [0.717, 1.165) is 47.6 Å². The van der Waals surface area contributed by atoms with Crippen LogP contribution in [-0.4, -0.2) is 18.2 Å². The van der Waals surface area contributed by atoms with Crippen molar-refractivity contribution in [1.29, 1.82) is 0 Å². The summed E-state index contributed by atoms with van der Waals surface area (Å²) < 4.78 is 12.4. The second-order valence-electron chi connectivity index (χ2n) is 8.46. The number of pyridine rings is 1. The minimum Gasteiger partial charge on any atom is -0.492 e. The van der Waals surface area contributed by atoms with Crippen molar-refractivity contribution in [2.45, 2.75) is 45.1 Å². The van der Waals surface area contributed by atoms with Crippen molar-refractivity contribution in [2.75, 3.05) is 7.11 Å². The molecule has 3 nitrogen and oxygen atoms in total. The first-order valence-corrected chi connectivity index (χ1v) is 11.6. The van der Waals surface area contributed by atoms with Crippen molar-refractivity contribution in [1.82, 2.24) is 4.98 Å². The molecule has 1 aliphatic rings. The molecule has 162 valence electrons. The second kappa shape index (κ2) is 9.04. The van der Waals surface area contributed by atoms with Crippen molar-refractivity contribution in [2.24, 2.45) is 0 Å². The third kappa shape index (κ3) is 3.84. The van der Waals surface area contributed by atoms with Gasteiger partial charge in [0.2, 0.25) is 0 Å². The SMILES string of the molecule is CCc1ncc(OC2CCCC2)c(OC)c1-c1ccccc1-c1ccc2ccccc2c1. The third-order valence-electron chi connectivity index (χ3n) is 6.47. The number of rotatable bonds is 6. The number of hydrogen-bond donors (Lipinski definition) is 0. The van der Waals surface area contributed by atoms with Crippen LogP contribution >= 0.6 is 0 Å². The molecule has 1 saturated carbocycles. The number of nitrogens with zero attached hydrogens (tertiary/aromatic N) is 1. The molecular weight excluding hydrogens is 394 g/mol. The highest BCUT2D eigenvalue weighted by molar-refractivity contribution is 5.93. The van der Waals surface area contributed by atoms with Gasteiger partial charge in [0.05, 0.1) is 25.1 Å². The lowest BCUT2D eigenvalue weighted by Crippen LogP contribution is -2.12. The van der Waals surface area contributed by atoms with Gasteiger partial charge in [-0.25, -0.2) is 0 Å². The number of ether oxygens (including phenoxy) is 2. The van der Waals surface area contributed by atoms with E-state index in [9.17, 15) is 0 Å². The topological polar surface area (TPSA) is 31.4 Å². The number of methoxy groups -OCH3 is 1. The molecule has 1 aromatic heterocycles. The first kappa shape index (κ1) is 20.6. The molecule has 1 heterocycles. The zero-order valence-corrected chi connectivity index (χ0v) is 18.8. The molecule has 3 aromatic carbocycles. The van der Waals surface area contributed by atoms with Crippen molar-refractivity contribution < 1.29 is 9.47 Å². The van der Waals surface area contributed by atoms with Crippen LogP contribution in [0.3, 0.4) is 0 Å². The van der Waals surface area contributed by atoms with E-state index in [0.29, 0.717) is 0 Å². The molecular formula is C29H29NO2. The maximum absolute atomic E-state index is 6.37. The van der Waals surface area contributed by atoms with Crippen LogP contribution in [0.1, 0.15) is 38.3 Å². The van der Waals surface area contributed by atoms with Crippen molar-refractivity contribution in [3.63, 3.8) is 0 Å². The van der Waals surface area contributed by atoms with Crippen LogP contribution in [0.4, 0.5) is 0 Å². The lowest BCUT2D eigenvalue weighted by molar-refractivity contribution is 0.200. The molecule has 0 amide bonds. The monoisotopic (exact) mass is 423 g/mol. The summed E-state index contributed by atoms with van der Waals surface area (Å²) in [6.07, 6.45) is 7.57. The zero-order chi connectivity index (χ0) is 21.9. The highest BCUT2D eigenvalue weighted by atomic mass is 16.5. The Balaban J connectivity index is 1.67. The van der Waals surface area contributed by atoms with Gasteiger partial charge in [-0.05, 0) is 65.6 Å². The van der Waals surface area contributed by atoms with E-state index < -0.39 is 0 Å². The van der Waals surface area contributed by atoms with Gasteiger partial charge in [0.1, 0.15) is 0 Å². The molecule has 1 fully saturated rings. The van der Waals surface area contributed by atoms with Crippen molar-refractivity contribution in [3.05, 3.63) is 78.6 Å². The molecule has 0 bridgehead atoms. The number of aromatic nitrogens is 1. The summed E-state index contributed by atoms with van der Waals surface area (Å²) in [4.78, 5) is 4.80. The molecule has 0 radical (unpaired) electrons. The highest BCUT2D eigenvalue weighted by Gasteiger charge is 2.24. The van der Waals surface area contributed by atoms with Gasteiger partial charge in [0.25, 0.3) is 0 Å². The Morgan fingerprint density at radius 3 is 2.34 bits per heavy atom. The summed E-state index contributed by atoms with van der Waals surface area (Å²) in [5.74, 6) is 1.54. The van der Waals surface area contributed by atoms with Gasteiger partial charge in [-0.15, -0.1) is 0 Å². The predicted molar refractivity (Wildman–Crippen MR) is 131 cm³/mol. The van der Waals surface area contributed by atoms with Crippen LogP contribution in [0, 0.1) is 0 Å². The van der Waals surface area contributed by atoms with Gasteiger partial charge in [0.15, 0.2) is 11.5 Å². The van der Waals surface area contributed by atoms with Crippen LogP contribution < -0.4 is 9.47 Å². The molecule has 0 aliphatic heterocycles. The van der Waals surface area contributed by atoms with Gasteiger partial charge in [-0.2, -0.15) is 0 Å². The fourth-order valence-electron chi connectivity index (χ4n) is 4.84. The zero-order valence-electron chi connectivity index (χ0n) is 18.8. The minimum absolute atomic E-state index is 0.252. The Bertz CT molecular complexity index is 1240. The first-order valence-electron chi connectivity index (χ1n) is 11.6. The Hall–Kier alpha value is -3.33. The fourth-order valence-corrected chi connectivity index (χ4v) is 4.84. The fraction of sp³-hybridized carbons (Fsp3) is 0.276. The summed E-state index contributed by atoms with van der Waals surface area (Å²) in [5.41, 5.74) is 5.54. The van der Waals surface area contributed by atoms with Crippen molar-refractivity contribution in [3.8, 4) is 33.8 Å². The molecule has 0 atom stereocenters. The smallest absolute Gasteiger partial charge is 0.180 e. The van der Waals surface area contributed by atoms with Gasteiger partial charge in [-0.3, -0.25) is 4.98 Å². The average molecular weight is 424 g/mol. The molecule has 0 N–H and O–H groups in total. The summed E-state index contributed by atoms with van der Waals surface area (Å²) in [6, 6.07) is 23.7. The number of aryl methyl sites for hydroxylation is 1. The molecule has 5 rings (SSSR count). The number of benzene rings is 3. The number of fused-ring (bicyclic) bond motifs is 1. The van der Waals surface area contributed by atoms with E-state index in [1.165, 1.54) is 34.7 Å². The lowest BCUT2D eigenvalue weighted by atomic mass is 9.91. The predicted octanol–water partition coefficient (Wildman–Crippen LogP) is 7.46. The summed E-state index contributed by atoms with van der Waals surface area (Å²) in [6.45, 7) is 2.14. The number of hydrogen-bond acceptors (Lipinski definition) is 3. The van der Waals surface area contributed by atoms with E-state index in [4.69, 9.17) is 14.5 Å². The highest BCUT2D eigenvalue weighted by Crippen LogP contribution is 2.44. The lowest BCUT2D eigenvalue weighted by Gasteiger charge is -2.21. The summed E-state index contributed by atoms with van der Waals surface area (Å²) in [7, 11) is 1.73. The summed E-state index contributed by atoms with van der Waals surface area (Å²) in [5, 5.41) is 2.48. The maximum Gasteiger partial charge on any atom is 0.180 e. The first-order chi connectivity index (χ1) is 15.8. The van der Waals surface area contributed by atoms with Crippen LogP contribution in [0.25, 0.3) is 33.0 Å². The molecule has 1 aliphatic carbocycles. The largest absolute Gasteiger partial charge is 0.492 e. The van der Waals surface area contributed by atoms with E-state index in [-0.39, 0.29) is 6.10 Å². The molecule has 32 heavy (non-hydrogen) atoms. The Morgan fingerprint density at radius 2 is 1.59 bits per heavy atom. The normalized spacial score (nSPS) is 14.1. The quantitative estimate of drug-likeness (QED) is 0.322. The molecule has 0 unspecified atom stereocenters. The standard InChI is InChI=1S/C29H29NO2/c1-3-26-28(29(31-2)27(19-30-26)32-23-12-6-7-13-23)25-15-9-8-14-24(25)22-17-16-20-10-4-5-11-21(20)18-22/h4-5,8-11,14-19,23H,3,6-7,12-13H2,1-2H3. The molecule has 0 saturated heterocycles. The van der Waals surface area contributed by atoms with E-state index in [1.54, 1.807) is 7.11 Å². The van der Waals surface area contributed by atoms with Gasteiger partial charge < -0.3 is 9.47 Å². The van der Waals surface area contributed by atoms with Gasteiger partial charge in [0, 0.05) is 5.56 Å². The van der Waals surface area contributed by atoms with Crippen LogP contribution in [-0.2, 0) is 6.42 Å². The van der Waals surface area contributed by atoms with Gasteiger partial charge in [-0.1, -0.05) is 67.6 Å². The van der Waals surface area contributed by atoms with Crippen LogP contribution in [0.5, 0.6) is 11.5 Å². The van der Waals surface area contributed by atoms with Gasteiger partial charge >= 0.3 is 0 Å².